The van der Waals surface area contributed by atoms with Crippen LogP contribution < -0.4 is 10.2 Å². The maximum Gasteiger partial charge on any atom is 0.298 e. The minimum atomic E-state index is 0.0277. The first-order valence-corrected chi connectivity index (χ1v) is 9.44. The lowest BCUT2D eigenvalue weighted by Gasteiger charge is -2.30. The van der Waals surface area contributed by atoms with Crippen molar-refractivity contribution in [1.29, 1.82) is 0 Å². The number of carbonyl (C=O) groups excluding carboxylic acids is 1. The highest BCUT2D eigenvalue weighted by atomic mass is 127. The fourth-order valence-electron chi connectivity index (χ4n) is 3.11. The summed E-state index contributed by atoms with van der Waals surface area (Å²) in [6.07, 6.45) is 1.60. The maximum absolute atomic E-state index is 12.5. The highest BCUT2D eigenvalue weighted by Crippen LogP contribution is 2.27. The number of anilines is 2. The molecule has 6 heteroatoms. The van der Waals surface area contributed by atoms with E-state index in [0.717, 1.165) is 46.3 Å². The number of piperidine rings is 1. The summed E-state index contributed by atoms with van der Waals surface area (Å²) in [6.45, 7) is 1.55. The molecule has 1 aliphatic rings. The van der Waals surface area contributed by atoms with E-state index < -0.39 is 0 Å². The molecule has 25 heavy (non-hydrogen) atoms. The third-order valence-electron chi connectivity index (χ3n) is 4.53. The van der Waals surface area contributed by atoms with E-state index in [1.54, 1.807) is 0 Å². The highest BCUT2D eigenvalue weighted by molar-refractivity contribution is 14.1. The van der Waals surface area contributed by atoms with Gasteiger partial charge in [0.25, 0.3) is 6.01 Å². The van der Waals surface area contributed by atoms with Crippen LogP contribution in [0.3, 0.4) is 0 Å². The Balaban J connectivity index is 1.37. The predicted octanol–water partition coefficient (Wildman–Crippen LogP) is 4.29. The zero-order chi connectivity index (χ0) is 17.2. The smallest absolute Gasteiger partial charge is 0.298 e. The van der Waals surface area contributed by atoms with Crippen molar-refractivity contribution < 1.29 is 9.21 Å². The Hall–Kier alpha value is -2.09. The van der Waals surface area contributed by atoms with Crippen LogP contribution in [-0.2, 0) is 4.79 Å². The van der Waals surface area contributed by atoms with E-state index in [0.29, 0.717) is 6.01 Å². The summed E-state index contributed by atoms with van der Waals surface area (Å²) < 4.78 is 6.98. The number of nitrogens with one attached hydrogen (secondary N) is 1. The van der Waals surface area contributed by atoms with Gasteiger partial charge in [-0.15, -0.1) is 0 Å². The second kappa shape index (κ2) is 7.03. The van der Waals surface area contributed by atoms with Gasteiger partial charge in [-0.05, 0) is 71.8 Å². The Labute approximate surface area is 159 Å². The molecule has 5 nitrogen and oxygen atoms in total. The monoisotopic (exact) mass is 447 g/mol. The molecule has 2 heterocycles. The number of fused-ring (bicyclic) bond motifs is 1. The number of benzene rings is 2. The van der Waals surface area contributed by atoms with Gasteiger partial charge in [-0.25, -0.2) is 0 Å². The molecule has 1 N–H and O–H groups in total. The molecule has 1 aromatic heterocycles. The molecule has 0 aliphatic carbocycles. The summed E-state index contributed by atoms with van der Waals surface area (Å²) in [6, 6.07) is 16.3. The zero-order valence-corrected chi connectivity index (χ0v) is 15.8. The first-order valence-electron chi connectivity index (χ1n) is 8.36. The summed E-state index contributed by atoms with van der Waals surface area (Å²) in [7, 11) is 0. The number of amides is 1. The third kappa shape index (κ3) is 3.63. The topological polar surface area (TPSA) is 58.4 Å². The Morgan fingerprint density at radius 3 is 2.56 bits per heavy atom. The van der Waals surface area contributed by atoms with Crippen molar-refractivity contribution in [2.24, 2.45) is 5.92 Å². The van der Waals surface area contributed by atoms with E-state index in [9.17, 15) is 4.79 Å². The van der Waals surface area contributed by atoms with E-state index >= 15 is 0 Å². The van der Waals surface area contributed by atoms with Crippen LogP contribution in [0.2, 0.25) is 0 Å². The molecule has 0 radical (unpaired) electrons. The van der Waals surface area contributed by atoms with Crippen molar-refractivity contribution in [2.45, 2.75) is 12.8 Å². The van der Waals surface area contributed by atoms with Gasteiger partial charge in [0.05, 0.1) is 0 Å². The maximum atomic E-state index is 12.5. The fraction of sp³-hybridized carbons (Fsp3) is 0.263. The number of oxazole rings is 1. The number of halogens is 1. The number of hydrogen-bond acceptors (Lipinski definition) is 4. The standard InChI is InChI=1S/C19H18IN3O2/c20-14-5-7-15(8-6-14)21-18(24)13-9-11-23(12-10-13)19-22-16-3-1-2-4-17(16)25-19/h1-8,13H,9-12H2,(H,21,24). The number of carbonyl (C=O) groups is 1. The number of para-hydroxylation sites is 2. The summed E-state index contributed by atoms with van der Waals surface area (Å²) in [4.78, 5) is 19.1. The van der Waals surface area contributed by atoms with Gasteiger partial charge in [-0.2, -0.15) is 4.98 Å². The molecule has 1 fully saturated rings. The molecule has 0 saturated carbocycles. The van der Waals surface area contributed by atoms with Crippen molar-refractivity contribution in [2.75, 3.05) is 23.3 Å². The van der Waals surface area contributed by atoms with Crippen LogP contribution >= 0.6 is 22.6 Å². The molecular weight excluding hydrogens is 429 g/mol. The first kappa shape index (κ1) is 16.4. The van der Waals surface area contributed by atoms with Crippen LogP contribution in [0.5, 0.6) is 0 Å². The summed E-state index contributed by atoms with van der Waals surface area (Å²) >= 11 is 2.25. The largest absolute Gasteiger partial charge is 0.423 e. The fourth-order valence-corrected chi connectivity index (χ4v) is 3.47. The molecular formula is C19H18IN3O2. The number of aromatic nitrogens is 1. The van der Waals surface area contributed by atoms with Crippen molar-refractivity contribution in [1.82, 2.24) is 4.98 Å². The van der Waals surface area contributed by atoms with Crippen molar-refractivity contribution in [3.05, 3.63) is 52.1 Å². The summed E-state index contributed by atoms with van der Waals surface area (Å²) in [5, 5.41) is 3.02. The van der Waals surface area contributed by atoms with E-state index in [2.05, 4.69) is 37.8 Å². The van der Waals surface area contributed by atoms with Gasteiger partial charge in [-0.1, -0.05) is 12.1 Å². The molecule has 0 unspecified atom stereocenters. The molecule has 0 atom stereocenters. The lowest BCUT2D eigenvalue weighted by molar-refractivity contribution is -0.120. The second-order valence-electron chi connectivity index (χ2n) is 6.22. The van der Waals surface area contributed by atoms with Gasteiger partial charge in [-0.3, -0.25) is 4.79 Å². The first-order chi connectivity index (χ1) is 12.2. The van der Waals surface area contributed by atoms with Crippen molar-refractivity contribution in [3.8, 4) is 0 Å². The molecule has 1 aliphatic heterocycles. The Morgan fingerprint density at radius 2 is 1.84 bits per heavy atom. The van der Waals surface area contributed by atoms with E-state index in [-0.39, 0.29) is 11.8 Å². The third-order valence-corrected chi connectivity index (χ3v) is 5.25. The Morgan fingerprint density at radius 1 is 1.12 bits per heavy atom. The number of nitrogens with zero attached hydrogens (tertiary/aromatic N) is 2. The molecule has 1 amide bonds. The Kier molecular flexibility index (Phi) is 4.61. The SMILES string of the molecule is O=C(Nc1ccc(I)cc1)C1CCN(c2nc3ccccc3o2)CC1. The lowest BCUT2D eigenvalue weighted by Crippen LogP contribution is -2.38. The van der Waals surface area contributed by atoms with Gasteiger partial charge in [0.15, 0.2) is 5.58 Å². The summed E-state index contributed by atoms with van der Waals surface area (Å²) in [5.74, 6) is 0.123. The van der Waals surface area contributed by atoms with E-state index in [4.69, 9.17) is 4.42 Å². The minimum absolute atomic E-state index is 0.0277. The highest BCUT2D eigenvalue weighted by Gasteiger charge is 2.27. The lowest BCUT2D eigenvalue weighted by atomic mass is 9.96. The van der Waals surface area contributed by atoms with Gasteiger partial charge >= 0.3 is 0 Å². The van der Waals surface area contributed by atoms with E-state index in [1.807, 2.05) is 48.5 Å². The average molecular weight is 447 g/mol. The number of rotatable bonds is 3. The van der Waals surface area contributed by atoms with Crippen molar-refractivity contribution in [3.63, 3.8) is 0 Å². The predicted molar refractivity (Wildman–Crippen MR) is 107 cm³/mol. The Bertz CT molecular complexity index is 850. The number of hydrogen-bond donors (Lipinski definition) is 1. The molecule has 3 aromatic rings. The molecule has 0 spiro atoms. The van der Waals surface area contributed by atoms with Crippen LogP contribution in [0.4, 0.5) is 11.7 Å². The van der Waals surface area contributed by atoms with Crippen molar-refractivity contribution >= 4 is 51.3 Å². The van der Waals surface area contributed by atoms with Crippen LogP contribution in [0.25, 0.3) is 11.1 Å². The van der Waals surface area contributed by atoms with Crippen LogP contribution in [0.15, 0.2) is 52.9 Å². The normalized spacial score (nSPS) is 15.5. The second-order valence-corrected chi connectivity index (χ2v) is 7.47. The average Bonchev–Trinajstić information content (AvgIpc) is 3.08. The van der Waals surface area contributed by atoms with Crippen LogP contribution in [-0.4, -0.2) is 24.0 Å². The van der Waals surface area contributed by atoms with Gasteiger partial charge in [0.1, 0.15) is 5.52 Å². The molecule has 4 rings (SSSR count). The van der Waals surface area contributed by atoms with Crippen LogP contribution in [0.1, 0.15) is 12.8 Å². The van der Waals surface area contributed by atoms with Gasteiger partial charge in [0.2, 0.25) is 5.91 Å². The van der Waals surface area contributed by atoms with Gasteiger partial charge < -0.3 is 14.6 Å². The van der Waals surface area contributed by atoms with Gasteiger partial charge in [0, 0.05) is 28.3 Å². The molecule has 1 saturated heterocycles. The zero-order valence-electron chi connectivity index (χ0n) is 13.6. The molecule has 0 bridgehead atoms. The quantitative estimate of drug-likeness (QED) is 0.609. The van der Waals surface area contributed by atoms with Crippen LogP contribution in [0, 0.1) is 9.49 Å². The molecule has 2 aromatic carbocycles. The van der Waals surface area contributed by atoms with E-state index in [1.165, 1.54) is 0 Å². The summed E-state index contributed by atoms with van der Waals surface area (Å²) in [5.41, 5.74) is 2.53. The minimum Gasteiger partial charge on any atom is -0.423 e. The molecule has 128 valence electrons.